The highest BCUT2D eigenvalue weighted by atomic mass is 35.5. The van der Waals surface area contributed by atoms with Gasteiger partial charge in [0.05, 0.1) is 11.6 Å². The number of nitrogen functional groups attached to an aromatic ring is 1. The van der Waals surface area contributed by atoms with E-state index in [4.69, 9.17) is 17.3 Å². The number of halogens is 1. The summed E-state index contributed by atoms with van der Waals surface area (Å²) >= 11 is 5.36. The zero-order chi connectivity index (χ0) is 8.10. The van der Waals surface area contributed by atoms with Crippen molar-refractivity contribution >= 4 is 17.3 Å². The Labute approximate surface area is 70.4 Å². The Morgan fingerprint density at radius 2 is 2.45 bits per heavy atom. The van der Waals surface area contributed by atoms with Gasteiger partial charge in [0.15, 0.2) is 0 Å². The van der Waals surface area contributed by atoms with Crippen molar-refractivity contribution < 1.29 is 0 Å². The Morgan fingerprint density at radius 3 is 3.09 bits per heavy atom. The van der Waals surface area contributed by atoms with Crippen LogP contribution in [-0.2, 0) is 0 Å². The van der Waals surface area contributed by atoms with Crippen LogP contribution in [0.4, 0.5) is 5.69 Å². The van der Waals surface area contributed by atoms with Crippen LogP contribution in [0.25, 0.3) is 0 Å². The first kappa shape index (κ1) is 7.90. The molecule has 2 nitrogen and oxygen atoms in total. The van der Waals surface area contributed by atoms with E-state index in [1.54, 1.807) is 18.3 Å². The highest BCUT2D eigenvalue weighted by Gasteiger charge is 1.91. The molecule has 0 aliphatic carbocycles. The lowest BCUT2D eigenvalue weighted by atomic mass is 10.3. The first-order valence-electron chi connectivity index (χ1n) is 3.10. The van der Waals surface area contributed by atoms with E-state index in [1.165, 1.54) is 0 Å². The maximum atomic E-state index is 5.55. The van der Waals surface area contributed by atoms with Crippen molar-refractivity contribution in [1.82, 2.24) is 4.98 Å². The van der Waals surface area contributed by atoms with Gasteiger partial charge in [0.2, 0.25) is 0 Å². The monoisotopic (exact) mass is 166 g/mol. The average Bonchev–Trinajstić information content (AvgIpc) is 2.03. The zero-order valence-electron chi connectivity index (χ0n) is 5.84. The SMILES string of the molecule is Nc1cccnc1C#CCCl. The fraction of sp³-hybridized carbons (Fsp3) is 0.125. The predicted octanol–water partition coefficient (Wildman–Crippen LogP) is 1.25. The van der Waals surface area contributed by atoms with Crippen LogP contribution in [0.5, 0.6) is 0 Å². The van der Waals surface area contributed by atoms with Crippen LogP contribution in [0, 0.1) is 11.8 Å². The van der Waals surface area contributed by atoms with Crippen molar-refractivity contribution in [3.8, 4) is 11.8 Å². The lowest BCUT2D eigenvalue weighted by molar-refractivity contribution is 1.29. The van der Waals surface area contributed by atoms with Crippen molar-refractivity contribution in [3.05, 3.63) is 24.0 Å². The zero-order valence-corrected chi connectivity index (χ0v) is 6.60. The van der Waals surface area contributed by atoms with Gasteiger partial charge in [-0.1, -0.05) is 5.92 Å². The topological polar surface area (TPSA) is 38.9 Å². The van der Waals surface area contributed by atoms with Crippen LogP contribution in [0.3, 0.4) is 0 Å². The number of nitrogens with two attached hydrogens (primary N) is 1. The third kappa shape index (κ3) is 2.14. The highest BCUT2D eigenvalue weighted by Crippen LogP contribution is 2.03. The third-order valence-electron chi connectivity index (χ3n) is 1.11. The Hall–Kier alpha value is -1.20. The molecule has 0 atom stereocenters. The molecule has 3 heteroatoms. The molecule has 1 heterocycles. The molecule has 0 saturated heterocycles. The van der Waals surface area contributed by atoms with Gasteiger partial charge in [-0.3, -0.25) is 0 Å². The van der Waals surface area contributed by atoms with Gasteiger partial charge in [-0.05, 0) is 18.1 Å². The minimum atomic E-state index is 0.302. The fourth-order valence-electron chi connectivity index (χ4n) is 0.639. The highest BCUT2D eigenvalue weighted by molar-refractivity contribution is 6.19. The molecule has 0 amide bonds. The van der Waals surface area contributed by atoms with Crippen LogP contribution in [-0.4, -0.2) is 10.9 Å². The van der Waals surface area contributed by atoms with Crippen LogP contribution in [0.1, 0.15) is 5.69 Å². The first-order chi connectivity index (χ1) is 5.34. The lowest BCUT2D eigenvalue weighted by Gasteiger charge is -1.92. The van der Waals surface area contributed by atoms with Gasteiger partial charge >= 0.3 is 0 Å². The quantitative estimate of drug-likeness (QED) is 0.466. The molecule has 0 aromatic carbocycles. The average molecular weight is 167 g/mol. The number of rotatable bonds is 0. The van der Waals surface area contributed by atoms with Crippen molar-refractivity contribution in [2.24, 2.45) is 0 Å². The largest absolute Gasteiger partial charge is 0.396 e. The Bertz CT molecular complexity index is 298. The lowest BCUT2D eigenvalue weighted by Crippen LogP contribution is -1.91. The molecule has 0 aliphatic rings. The molecule has 0 bridgehead atoms. The molecule has 0 fully saturated rings. The van der Waals surface area contributed by atoms with E-state index in [0.717, 1.165) is 0 Å². The van der Waals surface area contributed by atoms with Gasteiger partial charge in [0.25, 0.3) is 0 Å². The summed E-state index contributed by atoms with van der Waals surface area (Å²) in [5.74, 6) is 5.72. The number of hydrogen-bond acceptors (Lipinski definition) is 2. The molecule has 56 valence electrons. The van der Waals surface area contributed by atoms with Crippen LogP contribution < -0.4 is 5.73 Å². The molecule has 2 N–H and O–H groups in total. The van der Waals surface area contributed by atoms with Gasteiger partial charge < -0.3 is 5.73 Å². The summed E-state index contributed by atoms with van der Waals surface area (Å²) in [7, 11) is 0. The normalized spacial score (nSPS) is 8.45. The molecular weight excluding hydrogens is 160 g/mol. The number of aromatic nitrogens is 1. The third-order valence-corrected chi connectivity index (χ3v) is 1.25. The van der Waals surface area contributed by atoms with Crippen LogP contribution in [0.2, 0.25) is 0 Å². The summed E-state index contributed by atoms with van der Waals surface area (Å²) in [6.45, 7) is 0. The summed E-state index contributed by atoms with van der Waals surface area (Å²) in [4.78, 5) is 3.96. The molecule has 0 unspecified atom stereocenters. The molecule has 1 aromatic heterocycles. The van der Waals surface area contributed by atoms with Gasteiger partial charge in [0.1, 0.15) is 5.69 Å². The van der Waals surface area contributed by atoms with Crippen LogP contribution >= 0.6 is 11.6 Å². The molecule has 0 radical (unpaired) electrons. The maximum absolute atomic E-state index is 5.55. The summed E-state index contributed by atoms with van der Waals surface area (Å²) in [5.41, 5.74) is 6.73. The summed E-state index contributed by atoms with van der Waals surface area (Å²) in [6.07, 6.45) is 1.65. The standard InChI is InChI=1S/C8H7ClN2/c9-5-1-4-8-7(10)3-2-6-11-8/h2-3,6H,5,10H2. The minimum Gasteiger partial charge on any atom is -0.396 e. The van der Waals surface area contributed by atoms with Gasteiger partial charge in [-0.25, -0.2) is 4.98 Å². The van der Waals surface area contributed by atoms with E-state index in [0.29, 0.717) is 17.3 Å². The second-order valence-electron chi connectivity index (χ2n) is 1.88. The molecule has 0 saturated carbocycles. The Kier molecular flexibility index (Phi) is 2.76. The van der Waals surface area contributed by atoms with Crippen molar-refractivity contribution in [3.63, 3.8) is 0 Å². The second kappa shape index (κ2) is 3.85. The predicted molar refractivity (Wildman–Crippen MR) is 46.2 cm³/mol. The van der Waals surface area contributed by atoms with Gasteiger partial charge in [-0.15, -0.1) is 11.6 Å². The van der Waals surface area contributed by atoms with E-state index < -0.39 is 0 Å². The van der Waals surface area contributed by atoms with Crippen molar-refractivity contribution in [2.75, 3.05) is 11.6 Å². The molecule has 11 heavy (non-hydrogen) atoms. The van der Waals surface area contributed by atoms with E-state index in [1.807, 2.05) is 0 Å². The number of alkyl halides is 1. The molecular formula is C8H7ClN2. The Balaban J connectivity index is 2.95. The second-order valence-corrected chi connectivity index (χ2v) is 2.14. The molecule has 0 aliphatic heterocycles. The summed E-state index contributed by atoms with van der Waals surface area (Å²) < 4.78 is 0. The number of hydrogen-bond donors (Lipinski definition) is 1. The summed E-state index contributed by atoms with van der Waals surface area (Å²) in [5, 5.41) is 0. The number of anilines is 1. The van der Waals surface area contributed by atoms with E-state index in [9.17, 15) is 0 Å². The van der Waals surface area contributed by atoms with Gasteiger partial charge in [0, 0.05) is 6.20 Å². The van der Waals surface area contributed by atoms with E-state index in [-0.39, 0.29) is 0 Å². The molecule has 1 aromatic rings. The fourth-order valence-corrected chi connectivity index (χ4v) is 0.706. The smallest absolute Gasteiger partial charge is 0.136 e. The van der Waals surface area contributed by atoms with Crippen molar-refractivity contribution in [2.45, 2.75) is 0 Å². The van der Waals surface area contributed by atoms with Crippen molar-refractivity contribution in [1.29, 1.82) is 0 Å². The number of nitrogens with zero attached hydrogens (tertiary/aromatic N) is 1. The van der Waals surface area contributed by atoms with Gasteiger partial charge in [-0.2, -0.15) is 0 Å². The summed E-state index contributed by atoms with van der Waals surface area (Å²) in [6, 6.07) is 3.52. The number of pyridine rings is 1. The van der Waals surface area contributed by atoms with Crippen LogP contribution in [0.15, 0.2) is 18.3 Å². The minimum absolute atomic E-state index is 0.302. The van der Waals surface area contributed by atoms with E-state index in [2.05, 4.69) is 16.8 Å². The molecule has 1 rings (SSSR count). The molecule has 0 spiro atoms. The maximum Gasteiger partial charge on any atom is 0.136 e. The van der Waals surface area contributed by atoms with E-state index >= 15 is 0 Å². The Morgan fingerprint density at radius 1 is 1.64 bits per heavy atom. The first-order valence-corrected chi connectivity index (χ1v) is 3.63.